The first-order valence-electron chi connectivity index (χ1n) is 9.22. The molecule has 0 heterocycles. The van der Waals surface area contributed by atoms with Crippen molar-refractivity contribution in [3.8, 4) is 5.75 Å². The van der Waals surface area contributed by atoms with Crippen molar-refractivity contribution in [2.45, 2.75) is 26.4 Å². The second-order valence-electron chi connectivity index (χ2n) is 7.24. The summed E-state index contributed by atoms with van der Waals surface area (Å²) in [5.74, 6) is 1.71. The smallest absolute Gasteiger partial charge is 0.271 e. The van der Waals surface area contributed by atoms with Gasteiger partial charge in [0, 0.05) is 17.2 Å². The number of halogens is 2. The van der Waals surface area contributed by atoms with Gasteiger partial charge >= 0.3 is 0 Å². The van der Waals surface area contributed by atoms with Gasteiger partial charge in [0.2, 0.25) is 0 Å². The molecule has 1 amide bonds. The maximum Gasteiger partial charge on any atom is 0.271 e. The molecule has 0 unspecified atom stereocenters. The third-order valence-electron chi connectivity index (χ3n) is 5.19. The van der Waals surface area contributed by atoms with Gasteiger partial charge in [0.15, 0.2) is 0 Å². The SMILES string of the molecule is Cc1cc(Br)c(OCc2ccc(C(=O)N/N=C3\C[C@H]4CC=C[C@@H]34)cc2)c(Br)c1. The quantitative estimate of drug-likeness (QED) is 0.415. The van der Waals surface area contributed by atoms with Crippen molar-refractivity contribution >= 4 is 43.5 Å². The molecule has 0 bridgehead atoms. The van der Waals surface area contributed by atoms with Gasteiger partial charge in [0.05, 0.1) is 8.95 Å². The maximum atomic E-state index is 12.3. The van der Waals surface area contributed by atoms with Crippen LogP contribution in [-0.2, 0) is 6.61 Å². The Kier molecular flexibility index (Phi) is 5.69. The van der Waals surface area contributed by atoms with E-state index in [-0.39, 0.29) is 5.91 Å². The lowest BCUT2D eigenvalue weighted by Gasteiger charge is -2.31. The van der Waals surface area contributed by atoms with Gasteiger partial charge in [-0.3, -0.25) is 4.79 Å². The first-order valence-corrected chi connectivity index (χ1v) is 10.8. The number of hydrogen-bond acceptors (Lipinski definition) is 3. The molecule has 0 radical (unpaired) electrons. The molecular formula is C22H20Br2N2O2. The summed E-state index contributed by atoms with van der Waals surface area (Å²) in [7, 11) is 0. The lowest BCUT2D eigenvalue weighted by atomic mass is 9.74. The molecule has 1 saturated carbocycles. The summed E-state index contributed by atoms with van der Waals surface area (Å²) in [4.78, 5) is 12.3. The summed E-state index contributed by atoms with van der Waals surface area (Å²) in [5.41, 5.74) is 6.48. The topological polar surface area (TPSA) is 50.7 Å². The van der Waals surface area contributed by atoms with Gasteiger partial charge in [-0.1, -0.05) is 24.3 Å². The third kappa shape index (κ3) is 4.08. The van der Waals surface area contributed by atoms with E-state index in [1.165, 1.54) is 0 Å². The number of nitrogens with one attached hydrogen (secondary N) is 1. The molecule has 0 aliphatic heterocycles. The number of ether oxygens (including phenoxy) is 1. The Hall–Kier alpha value is -1.92. The molecule has 1 N–H and O–H groups in total. The van der Waals surface area contributed by atoms with Crippen molar-refractivity contribution in [2.24, 2.45) is 16.9 Å². The predicted molar refractivity (Wildman–Crippen MR) is 118 cm³/mol. The Labute approximate surface area is 181 Å². The monoisotopic (exact) mass is 502 g/mol. The minimum atomic E-state index is -0.186. The molecule has 2 atom stereocenters. The van der Waals surface area contributed by atoms with Crippen LogP contribution in [0.4, 0.5) is 0 Å². The molecule has 4 nitrogen and oxygen atoms in total. The number of aryl methyl sites for hydroxylation is 1. The fourth-order valence-corrected chi connectivity index (χ4v) is 5.23. The van der Waals surface area contributed by atoms with Crippen molar-refractivity contribution < 1.29 is 9.53 Å². The van der Waals surface area contributed by atoms with Gasteiger partial charge in [-0.2, -0.15) is 5.10 Å². The Morgan fingerprint density at radius 1 is 1.21 bits per heavy atom. The molecule has 0 spiro atoms. The summed E-state index contributed by atoms with van der Waals surface area (Å²) >= 11 is 7.07. The number of carbonyl (C=O) groups excluding carboxylic acids is 1. The third-order valence-corrected chi connectivity index (χ3v) is 6.37. The summed E-state index contributed by atoms with van der Waals surface area (Å²) in [5, 5.41) is 4.30. The molecule has 6 heteroatoms. The van der Waals surface area contributed by atoms with Crippen LogP contribution < -0.4 is 10.2 Å². The number of benzene rings is 2. The van der Waals surface area contributed by atoms with Gasteiger partial charge < -0.3 is 4.74 Å². The van der Waals surface area contributed by atoms with Gasteiger partial charge in [0.1, 0.15) is 12.4 Å². The summed E-state index contributed by atoms with van der Waals surface area (Å²) in [6.07, 6.45) is 6.52. The highest BCUT2D eigenvalue weighted by Crippen LogP contribution is 2.40. The first-order chi connectivity index (χ1) is 13.5. The highest BCUT2D eigenvalue weighted by atomic mass is 79.9. The molecule has 2 aliphatic carbocycles. The molecule has 28 heavy (non-hydrogen) atoms. The number of nitrogens with zero attached hydrogens (tertiary/aromatic N) is 1. The van der Waals surface area contributed by atoms with Crippen LogP contribution in [0.25, 0.3) is 0 Å². The van der Waals surface area contributed by atoms with Crippen LogP contribution >= 0.6 is 31.9 Å². The van der Waals surface area contributed by atoms with Gasteiger partial charge in [-0.25, -0.2) is 5.43 Å². The lowest BCUT2D eigenvalue weighted by molar-refractivity contribution is 0.0954. The van der Waals surface area contributed by atoms with E-state index >= 15 is 0 Å². The maximum absolute atomic E-state index is 12.3. The molecule has 2 aromatic rings. The highest BCUT2D eigenvalue weighted by molar-refractivity contribution is 9.11. The summed E-state index contributed by atoms with van der Waals surface area (Å²) in [6, 6.07) is 11.4. The largest absolute Gasteiger partial charge is 0.487 e. The normalized spacial score (nSPS) is 21.3. The minimum Gasteiger partial charge on any atom is -0.487 e. The molecule has 1 fully saturated rings. The molecule has 0 saturated heterocycles. The van der Waals surface area contributed by atoms with Crippen molar-refractivity contribution in [3.05, 3.63) is 74.2 Å². The standard InChI is InChI=1S/C22H20Br2N2O2/c1-13-9-18(23)21(19(24)10-13)28-12-14-5-7-15(8-6-14)22(27)26-25-20-11-16-3-2-4-17(16)20/h2,4-10,16-17H,3,11-12H2,1H3,(H,26,27)/b25-20+/t16-,17-/m1/s1. The molecular weight excluding hydrogens is 484 g/mol. The Bertz CT molecular complexity index is 944. The Morgan fingerprint density at radius 3 is 2.61 bits per heavy atom. The van der Waals surface area contributed by atoms with Gasteiger partial charge in [-0.05, 0) is 92.9 Å². The highest BCUT2D eigenvalue weighted by Gasteiger charge is 2.37. The zero-order valence-corrected chi connectivity index (χ0v) is 18.6. The van der Waals surface area contributed by atoms with E-state index in [1.807, 2.05) is 31.2 Å². The first kappa shape index (κ1) is 19.4. The van der Waals surface area contributed by atoms with Crippen molar-refractivity contribution in [1.82, 2.24) is 5.43 Å². The average molecular weight is 504 g/mol. The van der Waals surface area contributed by atoms with Crippen molar-refractivity contribution in [3.63, 3.8) is 0 Å². The van der Waals surface area contributed by atoms with E-state index in [2.05, 4.69) is 54.5 Å². The van der Waals surface area contributed by atoms with Crippen molar-refractivity contribution in [2.75, 3.05) is 0 Å². The lowest BCUT2D eigenvalue weighted by Crippen LogP contribution is -2.35. The van der Waals surface area contributed by atoms with Crippen LogP contribution in [0.3, 0.4) is 0 Å². The summed E-state index contributed by atoms with van der Waals surface area (Å²) < 4.78 is 7.74. The average Bonchev–Trinajstić information content (AvgIpc) is 3.02. The number of carbonyl (C=O) groups is 1. The molecule has 4 rings (SSSR count). The Morgan fingerprint density at radius 2 is 1.93 bits per heavy atom. The number of rotatable bonds is 5. The zero-order valence-electron chi connectivity index (χ0n) is 15.4. The number of fused-ring (bicyclic) bond motifs is 1. The van der Waals surface area contributed by atoms with E-state index in [4.69, 9.17) is 4.74 Å². The zero-order chi connectivity index (χ0) is 19.7. The van der Waals surface area contributed by atoms with Crippen molar-refractivity contribution in [1.29, 1.82) is 0 Å². The van der Waals surface area contributed by atoms with E-state index in [0.717, 1.165) is 44.4 Å². The fourth-order valence-electron chi connectivity index (χ4n) is 3.58. The van der Waals surface area contributed by atoms with Crippen LogP contribution in [-0.4, -0.2) is 11.6 Å². The van der Waals surface area contributed by atoms with Crippen LogP contribution in [0, 0.1) is 18.8 Å². The molecule has 144 valence electrons. The second kappa shape index (κ2) is 8.21. The molecule has 2 aliphatic rings. The predicted octanol–water partition coefficient (Wildman–Crippen LogP) is 5.78. The van der Waals surface area contributed by atoms with Crippen LogP contribution in [0.5, 0.6) is 5.75 Å². The van der Waals surface area contributed by atoms with Crippen LogP contribution in [0.15, 0.2) is 62.6 Å². The van der Waals surface area contributed by atoms with Crippen LogP contribution in [0.2, 0.25) is 0 Å². The van der Waals surface area contributed by atoms with E-state index < -0.39 is 0 Å². The molecule has 0 aromatic heterocycles. The Balaban J connectivity index is 1.34. The number of amides is 1. The van der Waals surface area contributed by atoms with Gasteiger partial charge in [-0.15, -0.1) is 0 Å². The number of hydrogen-bond donors (Lipinski definition) is 1. The van der Waals surface area contributed by atoms with Gasteiger partial charge in [0.25, 0.3) is 5.91 Å². The molecule has 2 aromatic carbocycles. The summed E-state index contributed by atoms with van der Waals surface area (Å²) in [6.45, 7) is 2.45. The number of hydrazone groups is 1. The van der Waals surface area contributed by atoms with E-state index in [0.29, 0.717) is 24.0 Å². The minimum absolute atomic E-state index is 0.186. The fraction of sp³-hybridized carbons (Fsp3) is 0.273. The van der Waals surface area contributed by atoms with E-state index in [9.17, 15) is 4.79 Å². The van der Waals surface area contributed by atoms with Crippen LogP contribution in [0.1, 0.15) is 34.3 Å². The number of allylic oxidation sites excluding steroid dienone is 2. The second-order valence-corrected chi connectivity index (χ2v) is 8.95. The van der Waals surface area contributed by atoms with E-state index in [1.54, 1.807) is 12.1 Å².